The van der Waals surface area contributed by atoms with Crippen molar-refractivity contribution in [1.29, 1.82) is 0 Å². The van der Waals surface area contributed by atoms with E-state index in [1.54, 1.807) is 6.26 Å². The van der Waals surface area contributed by atoms with Crippen LogP contribution in [0.5, 0.6) is 0 Å². The van der Waals surface area contributed by atoms with Crippen molar-refractivity contribution in [3.63, 3.8) is 0 Å². The number of thioether (sulfide) groups is 1. The van der Waals surface area contributed by atoms with E-state index >= 15 is 0 Å². The van der Waals surface area contributed by atoms with Gasteiger partial charge in [0.1, 0.15) is 6.04 Å². The Kier molecular flexibility index (Phi) is 6.45. The number of hydrogen-bond donors (Lipinski definition) is 2. The Morgan fingerprint density at radius 1 is 1.22 bits per heavy atom. The smallest absolute Gasteiger partial charge is 0.326 e. The van der Waals surface area contributed by atoms with Crippen LogP contribution in [0.1, 0.15) is 16.8 Å². The number of carbonyl (C=O) groups excluding carboxylic acids is 1. The van der Waals surface area contributed by atoms with Crippen LogP contribution < -0.4 is 5.32 Å². The summed E-state index contributed by atoms with van der Waals surface area (Å²) in [6, 6.07) is 1.25. The fourth-order valence-corrected chi connectivity index (χ4v) is 2.14. The van der Waals surface area contributed by atoms with E-state index in [9.17, 15) is 29.8 Å². The van der Waals surface area contributed by atoms with Crippen molar-refractivity contribution in [2.45, 2.75) is 12.5 Å². The monoisotopic (exact) mass is 343 g/mol. The zero-order chi connectivity index (χ0) is 17.6. The molecule has 0 unspecified atom stereocenters. The molecular weight excluding hydrogens is 330 g/mol. The lowest BCUT2D eigenvalue weighted by Gasteiger charge is -2.13. The number of rotatable bonds is 8. The highest BCUT2D eigenvalue weighted by molar-refractivity contribution is 7.98. The first-order valence-corrected chi connectivity index (χ1v) is 7.62. The number of benzene rings is 1. The maximum atomic E-state index is 12.0. The van der Waals surface area contributed by atoms with Crippen molar-refractivity contribution in [2.75, 3.05) is 12.0 Å². The topological polar surface area (TPSA) is 153 Å². The molecule has 10 nitrogen and oxygen atoms in total. The van der Waals surface area contributed by atoms with E-state index in [2.05, 4.69) is 5.32 Å². The van der Waals surface area contributed by atoms with Crippen LogP contribution in [-0.4, -0.2) is 44.9 Å². The van der Waals surface area contributed by atoms with Crippen LogP contribution in [0, 0.1) is 20.2 Å². The van der Waals surface area contributed by atoms with E-state index in [0.29, 0.717) is 5.75 Å². The number of nitrogens with zero attached hydrogens (tertiary/aromatic N) is 2. The van der Waals surface area contributed by atoms with Crippen molar-refractivity contribution < 1.29 is 24.5 Å². The minimum Gasteiger partial charge on any atom is -0.480 e. The van der Waals surface area contributed by atoms with Gasteiger partial charge in [-0.2, -0.15) is 11.8 Å². The summed E-state index contributed by atoms with van der Waals surface area (Å²) in [5.74, 6) is -1.70. The van der Waals surface area contributed by atoms with Gasteiger partial charge in [0.15, 0.2) is 0 Å². The van der Waals surface area contributed by atoms with Crippen molar-refractivity contribution in [2.24, 2.45) is 0 Å². The van der Waals surface area contributed by atoms with Gasteiger partial charge in [0.2, 0.25) is 0 Å². The van der Waals surface area contributed by atoms with Gasteiger partial charge in [0, 0.05) is 12.1 Å². The van der Waals surface area contributed by atoms with Gasteiger partial charge in [-0.3, -0.25) is 25.0 Å². The minimum atomic E-state index is -1.26. The number of carboxylic acid groups (broad SMARTS) is 1. The van der Waals surface area contributed by atoms with Gasteiger partial charge < -0.3 is 10.4 Å². The number of non-ortho nitro benzene ring substituents is 2. The zero-order valence-corrected chi connectivity index (χ0v) is 12.7. The molecule has 1 amide bonds. The number of nitro groups is 2. The van der Waals surface area contributed by atoms with E-state index in [4.69, 9.17) is 5.11 Å². The molecule has 1 rings (SSSR count). The molecule has 0 spiro atoms. The van der Waals surface area contributed by atoms with Crippen LogP contribution in [0.15, 0.2) is 18.2 Å². The highest BCUT2D eigenvalue weighted by atomic mass is 32.2. The van der Waals surface area contributed by atoms with Crippen LogP contribution in [0.4, 0.5) is 11.4 Å². The van der Waals surface area contributed by atoms with Crippen LogP contribution >= 0.6 is 11.8 Å². The van der Waals surface area contributed by atoms with Gasteiger partial charge in [-0.25, -0.2) is 4.79 Å². The fraction of sp³-hybridized carbons (Fsp3) is 0.333. The molecule has 1 aromatic carbocycles. The molecule has 0 fully saturated rings. The Morgan fingerprint density at radius 3 is 2.13 bits per heavy atom. The second-order valence-corrected chi connectivity index (χ2v) is 5.38. The molecule has 0 heterocycles. The molecule has 0 saturated carbocycles. The van der Waals surface area contributed by atoms with Crippen LogP contribution in [-0.2, 0) is 4.79 Å². The number of aliphatic carboxylic acids is 1. The molecule has 1 aromatic rings. The molecule has 23 heavy (non-hydrogen) atoms. The van der Waals surface area contributed by atoms with E-state index in [-0.39, 0.29) is 12.0 Å². The summed E-state index contributed by atoms with van der Waals surface area (Å²) in [5.41, 5.74) is -1.60. The Labute approximate surface area is 134 Å². The summed E-state index contributed by atoms with van der Waals surface area (Å²) in [6.07, 6.45) is 1.92. The minimum absolute atomic E-state index is 0.152. The molecule has 0 aliphatic carbocycles. The van der Waals surface area contributed by atoms with E-state index in [0.717, 1.165) is 18.2 Å². The SMILES string of the molecule is CSCC[C@H](NC(=O)c1cc([N+](=O)[O-])cc([N+](=O)[O-])c1)C(=O)O. The number of hydrogen-bond acceptors (Lipinski definition) is 7. The molecular formula is C12H13N3O7S. The number of nitro benzene ring substituents is 2. The average Bonchev–Trinajstić information content (AvgIpc) is 2.50. The van der Waals surface area contributed by atoms with E-state index in [1.807, 2.05) is 0 Å². The van der Waals surface area contributed by atoms with Gasteiger partial charge in [0.25, 0.3) is 17.3 Å². The first kappa shape index (κ1) is 18.4. The first-order valence-electron chi connectivity index (χ1n) is 6.22. The second kappa shape index (κ2) is 8.08. The Hall–Kier alpha value is -2.69. The van der Waals surface area contributed by atoms with Crippen molar-refractivity contribution >= 4 is 35.0 Å². The predicted octanol–water partition coefficient (Wildman–Crippen LogP) is 1.44. The number of carbonyl (C=O) groups is 2. The molecule has 0 radical (unpaired) electrons. The summed E-state index contributed by atoms with van der Waals surface area (Å²) in [7, 11) is 0. The van der Waals surface area contributed by atoms with Gasteiger partial charge in [-0.15, -0.1) is 0 Å². The van der Waals surface area contributed by atoms with E-state index in [1.165, 1.54) is 11.8 Å². The normalized spacial score (nSPS) is 11.5. The largest absolute Gasteiger partial charge is 0.480 e. The molecule has 124 valence electrons. The predicted molar refractivity (Wildman–Crippen MR) is 81.6 cm³/mol. The highest BCUT2D eigenvalue weighted by Gasteiger charge is 2.24. The van der Waals surface area contributed by atoms with Crippen LogP contribution in [0.25, 0.3) is 0 Å². The average molecular weight is 343 g/mol. The third-order valence-corrected chi connectivity index (χ3v) is 3.44. The Morgan fingerprint density at radius 2 is 1.74 bits per heavy atom. The molecule has 11 heteroatoms. The Balaban J connectivity index is 3.08. The maximum absolute atomic E-state index is 12.0. The molecule has 0 aromatic heterocycles. The number of carboxylic acids is 1. The summed E-state index contributed by atoms with van der Waals surface area (Å²) < 4.78 is 0. The molecule has 0 bridgehead atoms. The van der Waals surface area contributed by atoms with Crippen LogP contribution in [0.3, 0.4) is 0 Å². The van der Waals surface area contributed by atoms with Gasteiger partial charge in [-0.1, -0.05) is 0 Å². The van der Waals surface area contributed by atoms with Crippen molar-refractivity contribution in [3.05, 3.63) is 44.0 Å². The van der Waals surface area contributed by atoms with Gasteiger partial charge in [-0.05, 0) is 18.4 Å². The lowest BCUT2D eigenvalue weighted by atomic mass is 10.1. The maximum Gasteiger partial charge on any atom is 0.326 e. The summed E-state index contributed by atoms with van der Waals surface area (Å²) >= 11 is 1.39. The summed E-state index contributed by atoms with van der Waals surface area (Å²) in [4.78, 5) is 42.9. The van der Waals surface area contributed by atoms with Crippen LogP contribution in [0.2, 0.25) is 0 Å². The molecule has 1 atom stereocenters. The quantitative estimate of drug-likeness (QED) is 0.531. The molecule has 0 aliphatic rings. The van der Waals surface area contributed by atoms with Crippen molar-refractivity contribution in [1.82, 2.24) is 5.32 Å². The lowest BCUT2D eigenvalue weighted by molar-refractivity contribution is -0.394. The third-order valence-electron chi connectivity index (χ3n) is 2.80. The van der Waals surface area contributed by atoms with Gasteiger partial charge in [0.05, 0.1) is 21.5 Å². The first-order chi connectivity index (χ1) is 10.8. The third kappa shape index (κ3) is 5.21. The second-order valence-electron chi connectivity index (χ2n) is 4.40. The zero-order valence-electron chi connectivity index (χ0n) is 11.9. The molecule has 0 saturated heterocycles. The van der Waals surface area contributed by atoms with Gasteiger partial charge >= 0.3 is 5.97 Å². The molecule has 2 N–H and O–H groups in total. The Bertz CT molecular complexity index is 617. The lowest BCUT2D eigenvalue weighted by Crippen LogP contribution is -2.41. The van der Waals surface area contributed by atoms with Crippen molar-refractivity contribution in [3.8, 4) is 0 Å². The number of amides is 1. The summed E-state index contributed by atoms with van der Waals surface area (Å²) in [5, 5.41) is 32.8. The summed E-state index contributed by atoms with van der Waals surface area (Å²) in [6.45, 7) is 0. The standard InChI is InChI=1S/C12H13N3O7S/c1-23-3-2-10(12(17)18)13-11(16)7-4-8(14(19)20)6-9(5-7)15(21)22/h4-6,10H,2-3H2,1H3,(H,13,16)(H,17,18)/t10-/m0/s1. The highest BCUT2D eigenvalue weighted by Crippen LogP contribution is 2.22. The molecule has 0 aliphatic heterocycles. The fourth-order valence-electron chi connectivity index (χ4n) is 1.67. The van der Waals surface area contributed by atoms with E-state index < -0.39 is 39.1 Å². The number of nitrogens with one attached hydrogen (secondary N) is 1.